The highest BCUT2D eigenvalue weighted by molar-refractivity contribution is 9.11. The second kappa shape index (κ2) is 4.58. The van der Waals surface area contributed by atoms with Crippen LogP contribution in [0.1, 0.15) is 31.2 Å². The van der Waals surface area contributed by atoms with E-state index in [1.807, 2.05) is 6.92 Å². The van der Waals surface area contributed by atoms with Gasteiger partial charge in [-0.1, -0.05) is 0 Å². The summed E-state index contributed by atoms with van der Waals surface area (Å²) in [6.45, 7) is 2.66. The van der Waals surface area contributed by atoms with Crippen LogP contribution in [0.5, 0.6) is 0 Å². The van der Waals surface area contributed by atoms with Gasteiger partial charge >= 0.3 is 0 Å². The lowest BCUT2D eigenvalue weighted by molar-refractivity contribution is 0.390. The summed E-state index contributed by atoms with van der Waals surface area (Å²) in [6.07, 6.45) is 4.42. The fourth-order valence-electron chi connectivity index (χ4n) is 2.04. The highest BCUT2D eigenvalue weighted by Gasteiger charge is 2.41. The zero-order valence-electron chi connectivity index (χ0n) is 10.2. The number of nitrogens with zero attached hydrogens (tertiary/aromatic N) is 1. The minimum absolute atomic E-state index is 0.261. The van der Waals surface area contributed by atoms with E-state index in [0.29, 0.717) is 10.1 Å². The Labute approximate surface area is 120 Å². The van der Waals surface area contributed by atoms with Gasteiger partial charge in [-0.2, -0.15) is 4.31 Å². The fraction of sp³-hybridized carbons (Fsp3) is 0.667. The van der Waals surface area contributed by atoms with E-state index in [4.69, 9.17) is 0 Å². The molecule has 0 unspecified atom stereocenters. The maximum absolute atomic E-state index is 12.7. The second-order valence-electron chi connectivity index (χ2n) is 5.27. The molecule has 0 radical (unpaired) electrons. The number of rotatable bonds is 5. The van der Waals surface area contributed by atoms with Crippen LogP contribution >= 0.6 is 27.3 Å². The lowest BCUT2D eigenvalue weighted by Gasteiger charge is -2.20. The predicted octanol–water partition coefficient (Wildman–Crippen LogP) is 3.38. The average Bonchev–Trinajstić information content (AvgIpc) is 3.18. The van der Waals surface area contributed by atoms with E-state index in [-0.39, 0.29) is 6.04 Å². The molecular formula is C12H16BrNO2S2. The summed E-state index contributed by atoms with van der Waals surface area (Å²) in [6, 6.07) is 2.04. The Balaban J connectivity index is 1.90. The quantitative estimate of drug-likeness (QED) is 0.816. The molecule has 0 saturated heterocycles. The maximum Gasteiger partial charge on any atom is 0.252 e. The van der Waals surface area contributed by atoms with E-state index in [9.17, 15) is 8.42 Å². The maximum atomic E-state index is 12.7. The molecule has 3 nitrogen and oxygen atoms in total. The zero-order chi connectivity index (χ0) is 12.9. The Morgan fingerprint density at radius 1 is 1.39 bits per heavy atom. The zero-order valence-corrected chi connectivity index (χ0v) is 13.4. The van der Waals surface area contributed by atoms with Crippen LogP contribution in [-0.4, -0.2) is 25.3 Å². The van der Waals surface area contributed by atoms with Crippen molar-refractivity contribution in [1.82, 2.24) is 4.31 Å². The topological polar surface area (TPSA) is 37.4 Å². The Morgan fingerprint density at radius 3 is 2.50 bits per heavy atom. The SMILES string of the molecule is Cc1cc(S(=O)(=O)N(CC2CC2)C2CC2)sc1Br. The molecule has 2 aliphatic rings. The van der Waals surface area contributed by atoms with E-state index in [1.54, 1.807) is 10.4 Å². The van der Waals surface area contributed by atoms with Crippen molar-refractivity contribution in [1.29, 1.82) is 0 Å². The van der Waals surface area contributed by atoms with Gasteiger partial charge in [-0.15, -0.1) is 11.3 Å². The summed E-state index contributed by atoms with van der Waals surface area (Å²) in [7, 11) is -3.27. The number of hydrogen-bond acceptors (Lipinski definition) is 3. The molecule has 1 aromatic rings. The van der Waals surface area contributed by atoms with Gasteiger partial charge in [0.25, 0.3) is 10.0 Å². The van der Waals surface area contributed by atoms with Gasteiger partial charge in [-0.25, -0.2) is 8.42 Å². The molecule has 6 heteroatoms. The molecule has 0 aromatic carbocycles. The molecule has 100 valence electrons. The van der Waals surface area contributed by atoms with E-state index < -0.39 is 10.0 Å². The first-order valence-electron chi connectivity index (χ1n) is 6.26. The Hall–Kier alpha value is 0.0900. The third-order valence-electron chi connectivity index (χ3n) is 3.49. The number of aryl methyl sites for hydroxylation is 1. The van der Waals surface area contributed by atoms with Gasteiger partial charge in [-0.3, -0.25) is 0 Å². The van der Waals surface area contributed by atoms with Crippen molar-refractivity contribution in [2.24, 2.45) is 5.92 Å². The van der Waals surface area contributed by atoms with Crippen LogP contribution in [-0.2, 0) is 10.0 Å². The molecule has 0 N–H and O–H groups in total. The van der Waals surface area contributed by atoms with Gasteiger partial charge in [0.2, 0.25) is 0 Å². The second-order valence-corrected chi connectivity index (χ2v) is 9.76. The molecule has 18 heavy (non-hydrogen) atoms. The van der Waals surface area contributed by atoms with Gasteiger partial charge in [-0.05, 0) is 66.1 Å². The molecule has 2 fully saturated rings. The monoisotopic (exact) mass is 349 g/mol. The average molecular weight is 350 g/mol. The first-order chi connectivity index (χ1) is 8.48. The molecule has 0 atom stereocenters. The Bertz CT molecular complexity index is 539. The van der Waals surface area contributed by atoms with Gasteiger partial charge in [0.05, 0.1) is 3.79 Å². The van der Waals surface area contributed by atoms with Crippen molar-refractivity contribution in [2.45, 2.75) is 42.9 Å². The molecule has 0 bridgehead atoms. The highest BCUT2D eigenvalue weighted by Crippen LogP contribution is 2.40. The molecule has 0 amide bonds. The van der Waals surface area contributed by atoms with E-state index >= 15 is 0 Å². The minimum Gasteiger partial charge on any atom is -0.206 e. The fourth-order valence-corrected chi connectivity index (χ4v) is 6.15. The summed E-state index contributed by atoms with van der Waals surface area (Å²) in [4.78, 5) is 0. The summed E-state index contributed by atoms with van der Waals surface area (Å²) in [5.74, 6) is 0.602. The molecule has 0 aliphatic heterocycles. The first kappa shape index (κ1) is 13.1. The molecule has 2 saturated carbocycles. The first-order valence-corrected chi connectivity index (χ1v) is 9.31. The molecular weight excluding hydrogens is 334 g/mol. The lowest BCUT2D eigenvalue weighted by atomic mass is 10.4. The van der Waals surface area contributed by atoms with Gasteiger partial charge in [0.1, 0.15) is 4.21 Å². The van der Waals surface area contributed by atoms with E-state index in [1.165, 1.54) is 24.2 Å². The van der Waals surface area contributed by atoms with Crippen LogP contribution in [0.4, 0.5) is 0 Å². The van der Waals surface area contributed by atoms with E-state index in [2.05, 4.69) is 15.9 Å². The minimum atomic E-state index is -3.27. The summed E-state index contributed by atoms with van der Waals surface area (Å²) in [5, 5.41) is 0. The third-order valence-corrected chi connectivity index (χ3v) is 7.99. The molecule has 1 aromatic heterocycles. The van der Waals surface area contributed by atoms with Crippen LogP contribution < -0.4 is 0 Å². The number of halogens is 1. The molecule has 0 spiro atoms. The van der Waals surface area contributed by atoms with Crippen LogP contribution in [0.2, 0.25) is 0 Å². The smallest absolute Gasteiger partial charge is 0.206 e. The summed E-state index contributed by atoms with van der Waals surface area (Å²) in [5.41, 5.74) is 1.00. The number of sulfonamides is 1. The Morgan fingerprint density at radius 2 is 2.06 bits per heavy atom. The van der Waals surface area contributed by atoms with Crippen molar-refractivity contribution < 1.29 is 8.42 Å². The van der Waals surface area contributed by atoms with Gasteiger partial charge < -0.3 is 0 Å². The van der Waals surface area contributed by atoms with Crippen molar-refractivity contribution in [3.63, 3.8) is 0 Å². The van der Waals surface area contributed by atoms with Crippen molar-refractivity contribution in [2.75, 3.05) is 6.54 Å². The van der Waals surface area contributed by atoms with Crippen LogP contribution in [0, 0.1) is 12.8 Å². The van der Waals surface area contributed by atoms with Crippen molar-refractivity contribution >= 4 is 37.3 Å². The van der Waals surface area contributed by atoms with Crippen molar-refractivity contribution in [3.05, 3.63) is 15.4 Å². The van der Waals surface area contributed by atoms with Crippen LogP contribution in [0.25, 0.3) is 0 Å². The van der Waals surface area contributed by atoms with Gasteiger partial charge in [0.15, 0.2) is 0 Å². The summed E-state index contributed by atoms with van der Waals surface area (Å²) < 4.78 is 28.5. The lowest BCUT2D eigenvalue weighted by Crippen LogP contribution is -2.34. The molecule has 2 aliphatic carbocycles. The standard InChI is InChI=1S/C12H16BrNO2S2/c1-8-6-11(17-12(8)13)18(15,16)14(10-4-5-10)7-9-2-3-9/h6,9-10H,2-5,7H2,1H3. The third kappa shape index (κ3) is 2.53. The molecule has 1 heterocycles. The van der Waals surface area contributed by atoms with Crippen LogP contribution in [0.3, 0.4) is 0 Å². The Kier molecular flexibility index (Phi) is 3.33. The number of thiophene rings is 1. The van der Waals surface area contributed by atoms with Crippen molar-refractivity contribution in [3.8, 4) is 0 Å². The summed E-state index contributed by atoms with van der Waals surface area (Å²) >= 11 is 4.74. The van der Waals surface area contributed by atoms with Gasteiger partial charge in [0, 0.05) is 12.6 Å². The predicted molar refractivity (Wildman–Crippen MR) is 76.4 cm³/mol. The largest absolute Gasteiger partial charge is 0.252 e. The van der Waals surface area contributed by atoms with E-state index in [0.717, 1.165) is 28.7 Å². The molecule has 3 rings (SSSR count). The highest BCUT2D eigenvalue weighted by atomic mass is 79.9. The van der Waals surface area contributed by atoms with Crippen LogP contribution in [0.15, 0.2) is 14.1 Å². The normalized spacial score (nSPS) is 20.6. The number of hydrogen-bond donors (Lipinski definition) is 0.